The summed E-state index contributed by atoms with van der Waals surface area (Å²) in [6, 6.07) is 10.1. The maximum atomic E-state index is 11.5. The summed E-state index contributed by atoms with van der Waals surface area (Å²) in [4.78, 5) is 9.89. The van der Waals surface area contributed by atoms with Gasteiger partial charge in [0.1, 0.15) is 16.4 Å². The fourth-order valence-electron chi connectivity index (χ4n) is 3.63. The van der Waals surface area contributed by atoms with Crippen molar-refractivity contribution in [2.75, 3.05) is 5.73 Å². The van der Waals surface area contributed by atoms with Gasteiger partial charge in [-0.15, -0.1) is 11.3 Å². The van der Waals surface area contributed by atoms with E-state index in [0.29, 0.717) is 12.2 Å². The molecule has 0 spiro atoms. The van der Waals surface area contributed by atoms with E-state index in [1.54, 1.807) is 6.20 Å². The topological polar surface area (TPSA) is 72.0 Å². The predicted molar refractivity (Wildman–Crippen MR) is 102 cm³/mol. The molecule has 25 heavy (non-hydrogen) atoms. The van der Waals surface area contributed by atoms with Gasteiger partial charge in [-0.1, -0.05) is 23.8 Å². The summed E-state index contributed by atoms with van der Waals surface area (Å²) in [7, 11) is 0. The molecule has 5 heteroatoms. The van der Waals surface area contributed by atoms with Gasteiger partial charge in [-0.25, -0.2) is 9.97 Å². The fourth-order valence-corrected chi connectivity index (χ4v) is 4.64. The average molecular weight is 351 g/mol. The minimum atomic E-state index is -1.01. The number of nitrogens with two attached hydrogens (primary N) is 1. The van der Waals surface area contributed by atoms with Crippen LogP contribution in [0.25, 0.3) is 10.6 Å². The molecule has 1 atom stereocenters. The van der Waals surface area contributed by atoms with E-state index in [2.05, 4.69) is 29.0 Å². The highest BCUT2D eigenvalue weighted by atomic mass is 32.1. The van der Waals surface area contributed by atoms with Crippen LogP contribution in [0, 0.1) is 13.8 Å². The minimum absolute atomic E-state index is 0.502. The van der Waals surface area contributed by atoms with Crippen LogP contribution in [-0.4, -0.2) is 15.1 Å². The summed E-state index contributed by atoms with van der Waals surface area (Å²) in [6.07, 6.45) is 4.45. The summed E-state index contributed by atoms with van der Waals surface area (Å²) in [5, 5.41) is 12.2. The van der Waals surface area contributed by atoms with Gasteiger partial charge in [0, 0.05) is 6.20 Å². The van der Waals surface area contributed by atoms with Crippen LogP contribution < -0.4 is 5.73 Å². The molecule has 3 aromatic rings. The Hall–Kier alpha value is -2.24. The zero-order valence-electron chi connectivity index (χ0n) is 14.4. The zero-order chi connectivity index (χ0) is 17.6. The largest absolute Gasteiger partial charge is 0.384 e. The number of rotatable bonds is 2. The molecule has 0 bridgehead atoms. The molecule has 0 radical (unpaired) electrons. The molecule has 2 aromatic heterocycles. The van der Waals surface area contributed by atoms with Gasteiger partial charge in [0.15, 0.2) is 0 Å². The van der Waals surface area contributed by atoms with E-state index in [0.717, 1.165) is 39.5 Å². The number of aryl methyl sites for hydroxylation is 3. The van der Waals surface area contributed by atoms with Crippen LogP contribution in [-0.2, 0) is 12.0 Å². The van der Waals surface area contributed by atoms with E-state index in [4.69, 9.17) is 5.73 Å². The van der Waals surface area contributed by atoms with E-state index in [-0.39, 0.29) is 0 Å². The van der Waals surface area contributed by atoms with Crippen molar-refractivity contribution in [1.82, 2.24) is 9.97 Å². The van der Waals surface area contributed by atoms with Gasteiger partial charge < -0.3 is 10.8 Å². The Bertz CT molecular complexity index is 930. The highest BCUT2D eigenvalue weighted by Gasteiger charge is 2.38. The van der Waals surface area contributed by atoms with Crippen LogP contribution >= 0.6 is 11.3 Å². The standard InChI is InChI=1S/C20H21N3OS/c1-12-5-6-15-14(8-12)4-3-7-20(15,24)19-22-11-17(25-19)16-9-13(2)10-18(21)23-16/h5-6,8-11,24H,3-4,7H2,1-2H3,(H2,21,23). The van der Waals surface area contributed by atoms with Crippen LogP contribution in [0.2, 0.25) is 0 Å². The molecule has 4 nitrogen and oxygen atoms in total. The number of aliphatic hydroxyl groups is 1. The lowest BCUT2D eigenvalue weighted by molar-refractivity contribution is 0.0613. The van der Waals surface area contributed by atoms with Crippen molar-refractivity contribution < 1.29 is 5.11 Å². The summed E-state index contributed by atoms with van der Waals surface area (Å²) < 4.78 is 0. The van der Waals surface area contributed by atoms with Crippen LogP contribution in [0.4, 0.5) is 5.82 Å². The summed E-state index contributed by atoms with van der Waals surface area (Å²) in [5.41, 5.74) is 10.2. The quantitative estimate of drug-likeness (QED) is 0.732. The fraction of sp³-hybridized carbons (Fsp3) is 0.300. The first-order chi connectivity index (χ1) is 12.0. The summed E-state index contributed by atoms with van der Waals surface area (Å²) in [5.74, 6) is 0.502. The SMILES string of the molecule is Cc1cc(N)nc(-c2cnc(C3(O)CCCc4cc(C)ccc43)s2)c1. The third-order valence-corrected chi connectivity index (χ3v) is 5.96. The number of hydrogen-bond acceptors (Lipinski definition) is 5. The highest BCUT2D eigenvalue weighted by Crippen LogP contribution is 2.43. The third-order valence-electron chi connectivity index (χ3n) is 4.79. The number of nitrogen functional groups attached to an aromatic ring is 1. The number of thiazole rings is 1. The average Bonchev–Trinajstić information content (AvgIpc) is 3.04. The summed E-state index contributed by atoms with van der Waals surface area (Å²) in [6.45, 7) is 4.08. The van der Waals surface area contributed by atoms with E-state index in [9.17, 15) is 5.11 Å². The number of benzene rings is 1. The van der Waals surface area contributed by atoms with Gasteiger partial charge >= 0.3 is 0 Å². The van der Waals surface area contributed by atoms with Crippen molar-refractivity contribution in [3.63, 3.8) is 0 Å². The number of pyridine rings is 1. The van der Waals surface area contributed by atoms with Crippen LogP contribution in [0.3, 0.4) is 0 Å². The third kappa shape index (κ3) is 2.83. The van der Waals surface area contributed by atoms with Crippen molar-refractivity contribution >= 4 is 17.2 Å². The zero-order valence-corrected chi connectivity index (χ0v) is 15.2. The maximum Gasteiger partial charge on any atom is 0.141 e. The number of hydrogen-bond donors (Lipinski definition) is 2. The molecule has 128 valence electrons. The van der Waals surface area contributed by atoms with Crippen LogP contribution in [0.15, 0.2) is 36.5 Å². The number of anilines is 1. The van der Waals surface area contributed by atoms with Crippen molar-refractivity contribution in [2.24, 2.45) is 0 Å². The Balaban J connectivity index is 1.78. The van der Waals surface area contributed by atoms with E-state index in [1.165, 1.54) is 22.5 Å². The van der Waals surface area contributed by atoms with Crippen LogP contribution in [0.5, 0.6) is 0 Å². The Morgan fingerprint density at radius 2 is 2.00 bits per heavy atom. The second-order valence-corrected chi connectivity index (χ2v) is 7.89. The van der Waals surface area contributed by atoms with Crippen molar-refractivity contribution in [3.8, 4) is 10.6 Å². The normalized spacial score (nSPS) is 19.6. The molecule has 0 aliphatic heterocycles. The molecule has 0 saturated carbocycles. The van der Waals surface area contributed by atoms with Gasteiger partial charge in [0.05, 0.1) is 10.6 Å². The van der Waals surface area contributed by atoms with Gasteiger partial charge in [0.2, 0.25) is 0 Å². The monoisotopic (exact) mass is 351 g/mol. The molecule has 2 heterocycles. The van der Waals surface area contributed by atoms with Crippen LogP contribution in [0.1, 0.15) is 40.1 Å². The molecule has 0 amide bonds. The molecular formula is C20H21N3OS. The van der Waals surface area contributed by atoms with Crippen molar-refractivity contribution in [2.45, 2.75) is 38.7 Å². The van der Waals surface area contributed by atoms with Gasteiger partial charge in [-0.3, -0.25) is 0 Å². The number of fused-ring (bicyclic) bond motifs is 1. The first-order valence-corrected chi connectivity index (χ1v) is 9.30. The predicted octanol–water partition coefficient (Wildman–Crippen LogP) is 3.98. The lowest BCUT2D eigenvalue weighted by atomic mass is 9.79. The molecule has 1 aliphatic carbocycles. The molecule has 0 fully saturated rings. The first kappa shape index (κ1) is 16.2. The van der Waals surface area contributed by atoms with Crippen molar-refractivity contribution in [1.29, 1.82) is 0 Å². The lowest BCUT2D eigenvalue weighted by Gasteiger charge is -2.33. The number of aromatic nitrogens is 2. The van der Waals surface area contributed by atoms with Gasteiger partial charge in [-0.2, -0.15) is 0 Å². The maximum absolute atomic E-state index is 11.5. The van der Waals surface area contributed by atoms with E-state index < -0.39 is 5.60 Å². The van der Waals surface area contributed by atoms with Crippen molar-refractivity contribution in [3.05, 3.63) is 63.8 Å². The number of nitrogens with zero attached hydrogens (tertiary/aromatic N) is 2. The molecule has 1 aliphatic rings. The van der Waals surface area contributed by atoms with E-state index >= 15 is 0 Å². The van der Waals surface area contributed by atoms with Gasteiger partial charge in [-0.05, 0) is 61.9 Å². The molecule has 1 unspecified atom stereocenters. The molecule has 0 saturated heterocycles. The van der Waals surface area contributed by atoms with Gasteiger partial charge in [0.25, 0.3) is 0 Å². The Morgan fingerprint density at radius 3 is 2.80 bits per heavy atom. The Kier molecular flexibility index (Phi) is 3.85. The highest BCUT2D eigenvalue weighted by molar-refractivity contribution is 7.15. The Labute approximate surface area is 151 Å². The second-order valence-electron chi connectivity index (χ2n) is 6.86. The minimum Gasteiger partial charge on any atom is -0.384 e. The molecular weight excluding hydrogens is 330 g/mol. The molecule has 3 N–H and O–H groups in total. The molecule has 4 rings (SSSR count). The Morgan fingerprint density at radius 1 is 1.16 bits per heavy atom. The smallest absolute Gasteiger partial charge is 0.141 e. The molecule has 1 aromatic carbocycles. The second kappa shape index (κ2) is 5.93. The van der Waals surface area contributed by atoms with E-state index in [1.807, 2.05) is 25.1 Å². The lowest BCUT2D eigenvalue weighted by Crippen LogP contribution is -2.31. The summed E-state index contributed by atoms with van der Waals surface area (Å²) >= 11 is 1.50. The first-order valence-electron chi connectivity index (χ1n) is 8.49.